The third kappa shape index (κ3) is 5.93. The molecule has 0 unspecified atom stereocenters. The van der Waals surface area contributed by atoms with Crippen LogP contribution in [0, 0.1) is 0 Å². The molecular formula is C30H31N5O4. The first kappa shape index (κ1) is 26.0. The van der Waals surface area contributed by atoms with Gasteiger partial charge in [-0.2, -0.15) is 5.10 Å². The van der Waals surface area contributed by atoms with Crippen molar-refractivity contribution in [1.82, 2.24) is 19.7 Å². The normalized spacial score (nSPS) is 13.3. The lowest BCUT2D eigenvalue weighted by molar-refractivity contribution is -0.130. The molecule has 1 aliphatic heterocycles. The molecule has 0 saturated carbocycles. The summed E-state index contributed by atoms with van der Waals surface area (Å²) in [5, 5.41) is 4.48. The minimum Gasteiger partial charge on any atom is -0.497 e. The largest absolute Gasteiger partial charge is 0.497 e. The molecule has 5 rings (SSSR count). The number of aromatic nitrogens is 3. The van der Waals surface area contributed by atoms with Gasteiger partial charge in [-0.3, -0.25) is 4.79 Å². The predicted molar refractivity (Wildman–Crippen MR) is 148 cm³/mol. The summed E-state index contributed by atoms with van der Waals surface area (Å²) in [6.45, 7) is 4.90. The zero-order chi connectivity index (χ0) is 27.2. The number of carbonyl (C=O) groups is 2. The molecule has 1 aliphatic rings. The standard InChI is InChI=1S/C30H31N5O4/c1-3-39-30(37)26-21-27(35(32-26)28-6-4-5-15-31-28)23-9-11-24(12-10-23)33-16-18-34(19-17-33)29(36)20-22-7-13-25(38-2)14-8-22/h4-15,21H,3,16-20H2,1-2H3. The van der Waals surface area contributed by atoms with Gasteiger partial charge in [0.1, 0.15) is 5.75 Å². The molecule has 1 amide bonds. The Bertz CT molecular complexity index is 1410. The van der Waals surface area contributed by atoms with E-state index in [4.69, 9.17) is 9.47 Å². The van der Waals surface area contributed by atoms with Gasteiger partial charge in [0.25, 0.3) is 0 Å². The van der Waals surface area contributed by atoms with Crippen molar-refractivity contribution < 1.29 is 19.1 Å². The summed E-state index contributed by atoms with van der Waals surface area (Å²) in [5.74, 6) is 1.06. The van der Waals surface area contributed by atoms with Crippen molar-refractivity contribution in [3.63, 3.8) is 0 Å². The lowest BCUT2D eigenvalue weighted by atomic mass is 10.1. The lowest BCUT2D eigenvalue weighted by Crippen LogP contribution is -2.49. The number of carbonyl (C=O) groups excluding carboxylic acids is 2. The quantitative estimate of drug-likeness (QED) is 0.321. The number of amides is 1. The first-order valence-electron chi connectivity index (χ1n) is 13.0. The van der Waals surface area contributed by atoms with E-state index in [1.165, 1.54) is 0 Å². The number of anilines is 1. The van der Waals surface area contributed by atoms with Crippen LogP contribution in [0.3, 0.4) is 0 Å². The van der Waals surface area contributed by atoms with Crippen LogP contribution < -0.4 is 9.64 Å². The van der Waals surface area contributed by atoms with E-state index >= 15 is 0 Å². The van der Waals surface area contributed by atoms with Crippen molar-refractivity contribution >= 4 is 17.6 Å². The van der Waals surface area contributed by atoms with Crippen molar-refractivity contribution in [1.29, 1.82) is 0 Å². The van der Waals surface area contributed by atoms with Crippen molar-refractivity contribution in [3.05, 3.63) is 90.3 Å². The third-order valence-electron chi connectivity index (χ3n) is 6.74. The Kier molecular flexibility index (Phi) is 7.86. The van der Waals surface area contributed by atoms with Gasteiger partial charge >= 0.3 is 5.97 Å². The molecule has 1 fully saturated rings. The van der Waals surface area contributed by atoms with E-state index in [1.807, 2.05) is 59.5 Å². The summed E-state index contributed by atoms with van der Waals surface area (Å²) in [6, 6.07) is 23.1. The van der Waals surface area contributed by atoms with Crippen molar-refractivity contribution in [3.8, 4) is 22.8 Å². The third-order valence-corrected chi connectivity index (χ3v) is 6.74. The molecule has 1 saturated heterocycles. The van der Waals surface area contributed by atoms with Crippen molar-refractivity contribution in [2.45, 2.75) is 13.3 Å². The van der Waals surface area contributed by atoms with Gasteiger partial charge in [0, 0.05) is 43.6 Å². The van der Waals surface area contributed by atoms with Crippen LogP contribution in [0.2, 0.25) is 0 Å². The summed E-state index contributed by atoms with van der Waals surface area (Å²) in [5.41, 5.74) is 3.94. The first-order chi connectivity index (χ1) is 19.1. The topological polar surface area (TPSA) is 89.8 Å². The Morgan fingerprint density at radius 3 is 2.31 bits per heavy atom. The number of hydrogen-bond acceptors (Lipinski definition) is 7. The zero-order valence-electron chi connectivity index (χ0n) is 22.1. The van der Waals surface area contributed by atoms with Crippen molar-refractivity contribution in [2.24, 2.45) is 0 Å². The van der Waals surface area contributed by atoms with Crippen LogP contribution in [-0.4, -0.2) is 71.4 Å². The molecule has 2 aromatic carbocycles. The molecule has 0 atom stereocenters. The van der Waals surface area contributed by atoms with Gasteiger partial charge in [0.2, 0.25) is 5.91 Å². The Morgan fingerprint density at radius 2 is 1.67 bits per heavy atom. The number of piperazine rings is 1. The van der Waals surface area contributed by atoms with Crippen LogP contribution >= 0.6 is 0 Å². The minimum atomic E-state index is -0.468. The molecule has 39 heavy (non-hydrogen) atoms. The van der Waals surface area contributed by atoms with Gasteiger partial charge in [-0.25, -0.2) is 14.5 Å². The molecule has 3 heterocycles. The molecule has 9 nitrogen and oxygen atoms in total. The van der Waals surface area contributed by atoms with Gasteiger partial charge in [-0.05, 0) is 55.0 Å². The number of ether oxygens (including phenoxy) is 2. The van der Waals surface area contributed by atoms with Crippen LogP contribution in [0.1, 0.15) is 23.0 Å². The number of esters is 1. The monoisotopic (exact) mass is 525 g/mol. The Hall–Kier alpha value is -4.66. The minimum absolute atomic E-state index is 0.135. The molecular weight excluding hydrogens is 494 g/mol. The second kappa shape index (κ2) is 11.8. The molecule has 0 aliphatic carbocycles. The number of rotatable bonds is 8. The van der Waals surface area contributed by atoms with Crippen molar-refractivity contribution in [2.75, 3.05) is 44.8 Å². The highest BCUT2D eigenvalue weighted by atomic mass is 16.5. The predicted octanol–water partition coefficient (Wildman–Crippen LogP) is 4.01. The van der Waals surface area contributed by atoms with Crippen LogP contribution in [0.4, 0.5) is 5.69 Å². The Labute approximate surface area is 227 Å². The van der Waals surface area contributed by atoms with E-state index in [1.54, 1.807) is 31.0 Å². The number of pyridine rings is 1. The maximum atomic E-state index is 12.8. The van der Waals surface area contributed by atoms with E-state index in [2.05, 4.69) is 27.1 Å². The number of hydrogen-bond donors (Lipinski definition) is 0. The molecule has 0 radical (unpaired) electrons. The highest BCUT2D eigenvalue weighted by Crippen LogP contribution is 2.27. The molecule has 0 spiro atoms. The SMILES string of the molecule is CCOC(=O)c1cc(-c2ccc(N3CCN(C(=O)Cc4ccc(OC)cc4)CC3)cc2)n(-c2ccccn2)n1. The van der Waals surface area contributed by atoms with E-state index in [0.29, 0.717) is 25.3 Å². The average molecular weight is 526 g/mol. The summed E-state index contributed by atoms with van der Waals surface area (Å²) in [7, 11) is 1.63. The summed E-state index contributed by atoms with van der Waals surface area (Å²) < 4.78 is 12.0. The van der Waals surface area contributed by atoms with Crippen LogP contribution in [0.5, 0.6) is 5.75 Å². The number of methoxy groups -OCH3 is 1. The summed E-state index contributed by atoms with van der Waals surface area (Å²) in [6.07, 6.45) is 2.08. The van der Waals surface area contributed by atoms with E-state index in [9.17, 15) is 9.59 Å². The number of benzene rings is 2. The fourth-order valence-corrected chi connectivity index (χ4v) is 4.63. The second-order valence-electron chi connectivity index (χ2n) is 9.17. The second-order valence-corrected chi connectivity index (χ2v) is 9.17. The van der Waals surface area contributed by atoms with Gasteiger partial charge in [-0.15, -0.1) is 0 Å². The first-order valence-corrected chi connectivity index (χ1v) is 13.0. The highest BCUT2D eigenvalue weighted by Gasteiger charge is 2.22. The average Bonchev–Trinajstić information content (AvgIpc) is 3.44. The molecule has 9 heteroatoms. The van der Waals surface area contributed by atoms with Gasteiger partial charge in [-0.1, -0.05) is 30.3 Å². The molecule has 0 bridgehead atoms. The highest BCUT2D eigenvalue weighted by molar-refractivity contribution is 5.89. The fourth-order valence-electron chi connectivity index (χ4n) is 4.63. The Morgan fingerprint density at radius 1 is 0.923 bits per heavy atom. The van der Waals surface area contributed by atoms with Gasteiger partial charge in [0.15, 0.2) is 11.5 Å². The Balaban J connectivity index is 1.26. The van der Waals surface area contributed by atoms with Crippen LogP contribution in [0.25, 0.3) is 17.1 Å². The molecule has 200 valence electrons. The van der Waals surface area contributed by atoms with Gasteiger partial charge < -0.3 is 19.3 Å². The van der Waals surface area contributed by atoms with E-state index in [0.717, 1.165) is 41.3 Å². The molecule has 0 N–H and O–H groups in total. The maximum Gasteiger partial charge on any atom is 0.358 e. The van der Waals surface area contributed by atoms with Crippen LogP contribution in [0.15, 0.2) is 79.0 Å². The molecule has 4 aromatic rings. The maximum absolute atomic E-state index is 12.8. The van der Waals surface area contributed by atoms with E-state index < -0.39 is 5.97 Å². The summed E-state index contributed by atoms with van der Waals surface area (Å²) in [4.78, 5) is 33.8. The summed E-state index contributed by atoms with van der Waals surface area (Å²) >= 11 is 0. The van der Waals surface area contributed by atoms with Crippen LogP contribution in [-0.2, 0) is 16.0 Å². The lowest BCUT2D eigenvalue weighted by Gasteiger charge is -2.36. The zero-order valence-corrected chi connectivity index (χ0v) is 22.1. The molecule has 2 aromatic heterocycles. The smallest absolute Gasteiger partial charge is 0.358 e. The van der Waals surface area contributed by atoms with E-state index in [-0.39, 0.29) is 18.2 Å². The van der Waals surface area contributed by atoms with Gasteiger partial charge in [0.05, 0.1) is 25.8 Å². The number of nitrogens with zero attached hydrogens (tertiary/aromatic N) is 5. The fraction of sp³-hybridized carbons (Fsp3) is 0.267.